The molecule has 6 heteroatoms. The van der Waals surface area contributed by atoms with Crippen LogP contribution >= 0.6 is 11.6 Å². The quantitative estimate of drug-likeness (QED) is 0.820. The monoisotopic (exact) mass is 247 g/mol. The summed E-state index contributed by atoms with van der Waals surface area (Å²) in [5, 5.41) is 8.31. The molecule has 0 aliphatic rings. The van der Waals surface area contributed by atoms with E-state index in [0.29, 0.717) is 0 Å². The van der Waals surface area contributed by atoms with Gasteiger partial charge in [0, 0.05) is 10.6 Å². The molecule has 0 heterocycles. The van der Waals surface area contributed by atoms with E-state index in [4.69, 9.17) is 16.9 Å². The first kappa shape index (κ1) is 12.0. The predicted octanol–water partition coefficient (Wildman–Crippen LogP) is 1.92. The van der Waals surface area contributed by atoms with E-state index in [9.17, 15) is 12.8 Å². The smallest absolute Gasteiger partial charge is 0.167 e. The lowest BCUT2D eigenvalue weighted by Gasteiger charge is -2.04. The van der Waals surface area contributed by atoms with Crippen LogP contribution in [0.25, 0.3) is 0 Å². The second-order valence-corrected chi connectivity index (χ2v) is 5.36. The van der Waals surface area contributed by atoms with Crippen LogP contribution in [-0.4, -0.2) is 14.2 Å². The van der Waals surface area contributed by atoms with Crippen LogP contribution in [0.2, 0.25) is 5.02 Å². The van der Waals surface area contributed by atoms with Crippen LogP contribution in [0.4, 0.5) is 4.39 Å². The van der Waals surface area contributed by atoms with Crippen molar-refractivity contribution in [2.75, 3.05) is 5.75 Å². The minimum absolute atomic E-state index is 0.0523. The van der Waals surface area contributed by atoms with Crippen LogP contribution in [0, 0.1) is 17.1 Å². The number of nitrogens with zero attached hydrogens (tertiary/aromatic N) is 1. The first-order valence-corrected chi connectivity index (χ1v) is 6.16. The zero-order valence-corrected chi connectivity index (χ0v) is 9.15. The molecule has 0 unspecified atom stereocenters. The van der Waals surface area contributed by atoms with Crippen LogP contribution in [-0.2, 0) is 15.6 Å². The maximum atomic E-state index is 13.2. The van der Waals surface area contributed by atoms with Crippen LogP contribution in [0.5, 0.6) is 0 Å². The summed E-state index contributed by atoms with van der Waals surface area (Å²) in [5.41, 5.74) is -0.0885. The van der Waals surface area contributed by atoms with E-state index >= 15 is 0 Å². The minimum atomic E-state index is -3.62. The standard InChI is InChI=1S/C9H7ClFNO2S/c10-8-2-1-3-9(11)7(8)6-15(13,14)5-4-12/h1-3H,5-6H2. The Morgan fingerprint density at radius 3 is 2.67 bits per heavy atom. The van der Waals surface area contributed by atoms with Gasteiger partial charge in [0.15, 0.2) is 9.84 Å². The van der Waals surface area contributed by atoms with Crippen LogP contribution in [0.1, 0.15) is 5.56 Å². The lowest BCUT2D eigenvalue weighted by Crippen LogP contribution is -2.09. The predicted molar refractivity (Wildman–Crippen MR) is 54.5 cm³/mol. The Morgan fingerprint density at radius 1 is 1.47 bits per heavy atom. The van der Waals surface area contributed by atoms with Gasteiger partial charge in [-0.25, -0.2) is 12.8 Å². The number of nitriles is 1. The normalized spacial score (nSPS) is 11.0. The molecule has 0 aliphatic carbocycles. The molecule has 0 spiro atoms. The fraction of sp³-hybridized carbons (Fsp3) is 0.222. The third-order valence-corrected chi connectivity index (χ3v) is 3.36. The topological polar surface area (TPSA) is 57.9 Å². The van der Waals surface area contributed by atoms with Crippen molar-refractivity contribution < 1.29 is 12.8 Å². The van der Waals surface area contributed by atoms with Crippen molar-refractivity contribution in [3.63, 3.8) is 0 Å². The molecule has 0 amide bonds. The third-order valence-electron chi connectivity index (χ3n) is 1.71. The molecule has 0 fully saturated rings. The van der Waals surface area contributed by atoms with Crippen LogP contribution in [0.15, 0.2) is 18.2 Å². The minimum Gasteiger partial charge on any atom is -0.227 e. The highest BCUT2D eigenvalue weighted by molar-refractivity contribution is 7.90. The molecule has 15 heavy (non-hydrogen) atoms. The Morgan fingerprint density at radius 2 is 2.13 bits per heavy atom. The maximum absolute atomic E-state index is 13.2. The highest BCUT2D eigenvalue weighted by Gasteiger charge is 2.16. The van der Waals surface area contributed by atoms with Gasteiger partial charge in [0.2, 0.25) is 0 Å². The molecule has 80 valence electrons. The van der Waals surface area contributed by atoms with Gasteiger partial charge in [-0.2, -0.15) is 5.26 Å². The summed E-state index contributed by atoms with van der Waals surface area (Å²) in [6, 6.07) is 5.43. The molecule has 1 aromatic rings. The van der Waals surface area contributed by atoms with Gasteiger partial charge in [-0.05, 0) is 12.1 Å². The van der Waals surface area contributed by atoms with Crippen molar-refractivity contribution >= 4 is 21.4 Å². The van der Waals surface area contributed by atoms with Crippen molar-refractivity contribution in [1.82, 2.24) is 0 Å². The van der Waals surface area contributed by atoms with Crippen molar-refractivity contribution in [1.29, 1.82) is 5.26 Å². The zero-order valence-electron chi connectivity index (χ0n) is 7.57. The SMILES string of the molecule is N#CCS(=O)(=O)Cc1c(F)cccc1Cl. The summed E-state index contributed by atoms with van der Waals surface area (Å²) in [6.45, 7) is 0. The number of sulfone groups is 1. The molecule has 0 atom stereocenters. The Labute approximate surface area is 92.0 Å². The van der Waals surface area contributed by atoms with E-state index in [-0.39, 0.29) is 10.6 Å². The van der Waals surface area contributed by atoms with Crippen LogP contribution in [0.3, 0.4) is 0 Å². The number of hydrogen-bond donors (Lipinski definition) is 0. The lowest BCUT2D eigenvalue weighted by atomic mass is 10.2. The van der Waals surface area contributed by atoms with E-state index in [1.807, 2.05) is 0 Å². The fourth-order valence-corrected chi connectivity index (χ4v) is 2.38. The second-order valence-electron chi connectivity index (χ2n) is 2.89. The first-order chi connectivity index (χ1) is 6.96. The lowest BCUT2D eigenvalue weighted by molar-refractivity contribution is 0.589. The summed E-state index contributed by atoms with van der Waals surface area (Å²) in [7, 11) is -3.62. The van der Waals surface area contributed by atoms with E-state index in [1.54, 1.807) is 0 Å². The molecule has 3 nitrogen and oxygen atoms in total. The summed E-state index contributed by atoms with van der Waals surface area (Å²) in [5.74, 6) is -1.87. The summed E-state index contributed by atoms with van der Waals surface area (Å²) < 4.78 is 35.7. The average molecular weight is 248 g/mol. The number of halogens is 2. The first-order valence-electron chi connectivity index (χ1n) is 3.96. The molecule has 0 bridgehead atoms. The number of benzene rings is 1. The van der Waals surface area contributed by atoms with Crippen molar-refractivity contribution in [2.45, 2.75) is 5.75 Å². The Bertz CT molecular complexity index is 487. The fourth-order valence-electron chi connectivity index (χ4n) is 1.04. The molecule has 0 saturated carbocycles. The van der Waals surface area contributed by atoms with Crippen molar-refractivity contribution in [2.24, 2.45) is 0 Å². The molecular weight excluding hydrogens is 241 g/mol. The Hall–Kier alpha value is -1.12. The van der Waals surface area contributed by atoms with Gasteiger partial charge in [0.05, 0.1) is 11.8 Å². The van der Waals surface area contributed by atoms with Gasteiger partial charge in [-0.1, -0.05) is 17.7 Å². The highest BCUT2D eigenvalue weighted by atomic mass is 35.5. The maximum Gasteiger partial charge on any atom is 0.167 e. The van der Waals surface area contributed by atoms with E-state index in [0.717, 1.165) is 6.07 Å². The van der Waals surface area contributed by atoms with Gasteiger partial charge in [0.1, 0.15) is 11.6 Å². The largest absolute Gasteiger partial charge is 0.227 e. The second kappa shape index (κ2) is 4.60. The van der Waals surface area contributed by atoms with Crippen molar-refractivity contribution in [3.8, 4) is 6.07 Å². The highest BCUT2D eigenvalue weighted by Crippen LogP contribution is 2.21. The third kappa shape index (κ3) is 3.18. The zero-order chi connectivity index (χ0) is 11.5. The molecule has 0 aromatic heterocycles. The molecule has 0 aliphatic heterocycles. The van der Waals surface area contributed by atoms with E-state index < -0.39 is 27.2 Å². The Balaban J connectivity index is 3.06. The number of hydrogen-bond acceptors (Lipinski definition) is 3. The van der Waals surface area contributed by atoms with Gasteiger partial charge in [0.25, 0.3) is 0 Å². The molecule has 1 aromatic carbocycles. The van der Waals surface area contributed by atoms with Gasteiger partial charge >= 0.3 is 0 Å². The van der Waals surface area contributed by atoms with E-state index in [1.165, 1.54) is 18.2 Å². The van der Waals surface area contributed by atoms with Crippen molar-refractivity contribution in [3.05, 3.63) is 34.6 Å². The summed E-state index contributed by atoms with van der Waals surface area (Å²) >= 11 is 5.65. The van der Waals surface area contributed by atoms with Gasteiger partial charge < -0.3 is 0 Å². The number of rotatable bonds is 3. The van der Waals surface area contributed by atoms with E-state index in [2.05, 4.69) is 0 Å². The molecular formula is C9H7ClFNO2S. The molecule has 0 radical (unpaired) electrons. The van der Waals surface area contributed by atoms with Crippen LogP contribution < -0.4 is 0 Å². The average Bonchev–Trinajstić information content (AvgIpc) is 2.11. The summed E-state index contributed by atoms with van der Waals surface area (Å²) in [6.07, 6.45) is 0. The molecule has 1 rings (SSSR count). The summed E-state index contributed by atoms with van der Waals surface area (Å²) in [4.78, 5) is 0. The molecule has 0 saturated heterocycles. The van der Waals surface area contributed by atoms with Gasteiger partial charge in [-0.3, -0.25) is 0 Å². The van der Waals surface area contributed by atoms with Gasteiger partial charge in [-0.15, -0.1) is 0 Å². The Kier molecular flexibility index (Phi) is 3.66. The molecule has 0 N–H and O–H groups in total.